The Labute approximate surface area is 123 Å². The number of carboxylic acids is 1. The highest BCUT2D eigenvalue weighted by molar-refractivity contribution is 5.91. The lowest BCUT2D eigenvalue weighted by Crippen LogP contribution is -2.11. The van der Waals surface area contributed by atoms with Crippen LogP contribution in [0.1, 0.15) is 46.7 Å². The third-order valence-electron chi connectivity index (χ3n) is 4.37. The first kappa shape index (κ1) is 13.7. The number of hydrogen-bond acceptors (Lipinski definition) is 2. The van der Waals surface area contributed by atoms with E-state index in [-0.39, 0.29) is 11.3 Å². The van der Waals surface area contributed by atoms with Gasteiger partial charge in [0.1, 0.15) is 5.75 Å². The molecule has 0 aromatic heterocycles. The van der Waals surface area contributed by atoms with Crippen molar-refractivity contribution >= 4 is 5.97 Å². The van der Waals surface area contributed by atoms with Gasteiger partial charge in [0.2, 0.25) is 0 Å². The SMILES string of the molecule is Cc1cccc(-c2cc(C(=O)O)ccc2O)c1C1CCC1. The topological polar surface area (TPSA) is 57.5 Å². The molecule has 0 bridgehead atoms. The number of aromatic carboxylic acids is 1. The third-order valence-corrected chi connectivity index (χ3v) is 4.37. The number of hydrogen-bond donors (Lipinski definition) is 2. The van der Waals surface area contributed by atoms with E-state index in [0.29, 0.717) is 11.5 Å². The average Bonchev–Trinajstić information content (AvgIpc) is 2.39. The van der Waals surface area contributed by atoms with Gasteiger partial charge in [0.25, 0.3) is 0 Å². The molecule has 1 fully saturated rings. The van der Waals surface area contributed by atoms with Crippen molar-refractivity contribution in [1.82, 2.24) is 0 Å². The van der Waals surface area contributed by atoms with Crippen LogP contribution in [0.3, 0.4) is 0 Å². The molecule has 3 nitrogen and oxygen atoms in total. The van der Waals surface area contributed by atoms with Crippen LogP contribution in [0, 0.1) is 6.92 Å². The van der Waals surface area contributed by atoms with Gasteiger partial charge in [-0.2, -0.15) is 0 Å². The normalized spacial score (nSPS) is 14.7. The number of phenolic OH excluding ortho intramolecular Hbond substituents is 1. The van der Waals surface area contributed by atoms with Crippen molar-refractivity contribution in [3.63, 3.8) is 0 Å². The van der Waals surface area contributed by atoms with E-state index >= 15 is 0 Å². The molecule has 2 aromatic carbocycles. The maximum atomic E-state index is 11.2. The fourth-order valence-electron chi connectivity index (χ4n) is 3.04. The largest absolute Gasteiger partial charge is 0.507 e. The Morgan fingerprint density at radius 2 is 1.90 bits per heavy atom. The summed E-state index contributed by atoms with van der Waals surface area (Å²) in [5.41, 5.74) is 4.23. The Morgan fingerprint density at radius 3 is 2.52 bits per heavy atom. The molecule has 3 heteroatoms. The van der Waals surface area contributed by atoms with Gasteiger partial charge in [-0.1, -0.05) is 24.6 Å². The minimum absolute atomic E-state index is 0.131. The van der Waals surface area contributed by atoms with Gasteiger partial charge in [-0.25, -0.2) is 4.79 Å². The highest BCUT2D eigenvalue weighted by atomic mass is 16.4. The second-order valence-electron chi connectivity index (χ2n) is 5.70. The minimum Gasteiger partial charge on any atom is -0.507 e. The summed E-state index contributed by atoms with van der Waals surface area (Å²) in [4.78, 5) is 11.2. The van der Waals surface area contributed by atoms with Crippen LogP contribution in [0.15, 0.2) is 36.4 Å². The van der Waals surface area contributed by atoms with Crippen molar-refractivity contribution in [2.75, 3.05) is 0 Å². The number of aromatic hydroxyl groups is 1. The summed E-state index contributed by atoms with van der Waals surface area (Å²) in [5, 5.41) is 19.3. The molecular weight excluding hydrogens is 264 g/mol. The van der Waals surface area contributed by atoms with Crippen molar-refractivity contribution in [1.29, 1.82) is 0 Å². The van der Waals surface area contributed by atoms with Gasteiger partial charge < -0.3 is 10.2 Å². The molecule has 0 atom stereocenters. The third kappa shape index (κ3) is 2.40. The number of carboxylic acid groups (broad SMARTS) is 1. The summed E-state index contributed by atoms with van der Waals surface area (Å²) in [5.74, 6) is -0.325. The summed E-state index contributed by atoms with van der Waals surface area (Å²) in [6, 6.07) is 10.5. The van der Waals surface area contributed by atoms with Gasteiger partial charge in [0, 0.05) is 5.56 Å². The molecular formula is C18H18O3. The van der Waals surface area contributed by atoms with Gasteiger partial charge in [-0.3, -0.25) is 0 Å². The molecule has 108 valence electrons. The lowest BCUT2D eigenvalue weighted by Gasteiger charge is -2.30. The highest BCUT2D eigenvalue weighted by Gasteiger charge is 2.25. The zero-order valence-corrected chi connectivity index (χ0v) is 12.0. The zero-order chi connectivity index (χ0) is 15.0. The number of phenols is 1. The van der Waals surface area contributed by atoms with Crippen LogP contribution in [0.4, 0.5) is 0 Å². The van der Waals surface area contributed by atoms with Crippen molar-refractivity contribution in [2.45, 2.75) is 32.1 Å². The van der Waals surface area contributed by atoms with E-state index in [9.17, 15) is 9.90 Å². The summed E-state index contributed by atoms with van der Waals surface area (Å²) in [6.07, 6.45) is 3.56. The smallest absolute Gasteiger partial charge is 0.335 e. The Kier molecular flexibility index (Phi) is 3.42. The standard InChI is InChI=1S/C18H18O3/c1-11-4-2-7-14(17(11)12-5-3-6-12)15-10-13(18(20)21)8-9-16(15)19/h2,4,7-10,12,19H,3,5-6H2,1H3,(H,20,21). The van der Waals surface area contributed by atoms with Crippen LogP contribution in [0.5, 0.6) is 5.75 Å². The predicted molar refractivity (Wildman–Crippen MR) is 81.8 cm³/mol. The number of aryl methyl sites for hydroxylation is 1. The molecule has 3 rings (SSSR count). The van der Waals surface area contributed by atoms with E-state index in [1.54, 1.807) is 6.07 Å². The second kappa shape index (κ2) is 5.24. The molecule has 1 aliphatic rings. The number of carbonyl (C=O) groups is 1. The second-order valence-corrected chi connectivity index (χ2v) is 5.70. The van der Waals surface area contributed by atoms with Crippen LogP contribution in [0.25, 0.3) is 11.1 Å². The Balaban J connectivity index is 2.18. The summed E-state index contributed by atoms with van der Waals surface area (Å²) >= 11 is 0. The zero-order valence-electron chi connectivity index (χ0n) is 12.0. The first-order valence-electron chi connectivity index (χ1n) is 7.24. The summed E-state index contributed by atoms with van der Waals surface area (Å²) in [6.45, 7) is 2.08. The summed E-state index contributed by atoms with van der Waals surface area (Å²) in [7, 11) is 0. The van der Waals surface area contributed by atoms with Gasteiger partial charge >= 0.3 is 5.97 Å². The molecule has 0 spiro atoms. The van der Waals surface area contributed by atoms with E-state index < -0.39 is 5.97 Å². The Hall–Kier alpha value is -2.29. The minimum atomic E-state index is -0.978. The van der Waals surface area contributed by atoms with Crippen molar-refractivity contribution < 1.29 is 15.0 Å². The average molecular weight is 282 g/mol. The monoisotopic (exact) mass is 282 g/mol. The van der Waals surface area contributed by atoms with E-state index in [0.717, 1.165) is 18.4 Å². The lowest BCUT2D eigenvalue weighted by atomic mass is 9.75. The highest BCUT2D eigenvalue weighted by Crippen LogP contribution is 2.44. The van der Waals surface area contributed by atoms with Crippen molar-refractivity contribution in [3.8, 4) is 16.9 Å². The molecule has 0 saturated heterocycles. The molecule has 0 unspecified atom stereocenters. The van der Waals surface area contributed by atoms with E-state index in [4.69, 9.17) is 5.11 Å². The number of rotatable bonds is 3. The lowest BCUT2D eigenvalue weighted by molar-refractivity contribution is 0.0697. The van der Waals surface area contributed by atoms with Crippen LogP contribution < -0.4 is 0 Å². The van der Waals surface area contributed by atoms with E-state index in [1.165, 1.54) is 29.7 Å². The van der Waals surface area contributed by atoms with Crippen LogP contribution >= 0.6 is 0 Å². The van der Waals surface area contributed by atoms with Crippen LogP contribution in [-0.2, 0) is 0 Å². The molecule has 21 heavy (non-hydrogen) atoms. The van der Waals surface area contributed by atoms with Gasteiger partial charge in [0.15, 0.2) is 0 Å². The van der Waals surface area contributed by atoms with Gasteiger partial charge in [-0.05, 0) is 60.6 Å². The first-order chi connectivity index (χ1) is 10.1. The molecule has 0 aliphatic heterocycles. The molecule has 1 aliphatic carbocycles. The quantitative estimate of drug-likeness (QED) is 0.880. The van der Waals surface area contributed by atoms with Crippen LogP contribution in [0.2, 0.25) is 0 Å². The predicted octanol–water partition coefficient (Wildman–Crippen LogP) is 4.33. The van der Waals surface area contributed by atoms with Gasteiger partial charge in [-0.15, -0.1) is 0 Å². The maximum Gasteiger partial charge on any atom is 0.335 e. The first-order valence-corrected chi connectivity index (χ1v) is 7.24. The maximum absolute atomic E-state index is 11.2. The van der Waals surface area contributed by atoms with Crippen molar-refractivity contribution in [3.05, 3.63) is 53.1 Å². The fourth-order valence-corrected chi connectivity index (χ4v) is 3.04. The van der Waals surface area contributed by atoms with E-state index in [2.05, 4.69) is 13.0 Å². The Morgan fingerprint density at radius 1 is 1.14 bits per heavy atom. The summed E-state index contributed by atoms with van der Waals surface area (Å²) < 4.78 is 0. The molecule has 2 N–H and O–H groups in total. The Bertz CT molecular complexity index is 700. The fraction of sp³-hybridized carbons (Fsp3) is 0.278. The number of benzene rings is 2. The molecule has 1 saturated carbocycles. The molecule has 2 aromatic rings. The molecule has 0 amide bonds. The van der Waals surface area contributed by atoms with Crippen molar-refractivity contribution in [2.24, 2.45) is 0 Å². The molecule has 0 radical (unpaired) electrons. The van der Waals surface area contributed by atoms with Gasteiger partial charge in [0.05, 0.1) is 5.56 Å². The van der Waals surface area contributed by atoms with E-state index in [1.807, 2.05) is 12.1 Å². The van der Waals surface area contributed by atoms with Crippen LogP contribution in [-0.4, -0.2) is 16.2 Å². The molecule has 0 heterocycles.